The second-order valence-corrected chi connectivity index (χ2v) is 16.5. The van der Waals surface area contributed by atoms with E-state index >= 15 is 0 Å². The van der Waals surface area contributed by atoms with E-state index in [1.165, 1.54) is 0 Å². The van der Waals surface area contributed by atoms with Gasteiger partial charge in [0.1, 0.15) is 16.1 Å². The molecular weight excluding hydrogens is 324 g/mol. The quantitative estimate of drug-likeness (QED) is 0.211. The molecule has 0 N–H and O–H groups in total. The summed E-state index contributed by atoms with van der Waals surface area (Å²) in [6.45, 7) is 11.4. The molecule has 1 aromatic carbocycles. The number of hydrogen-bond donors (Lipinski definition) is 0. The molecule has 0 spiro atoms. The smallest absolute Gasteiger partial charge is 0.198 e. The fraction of sp³-hybridized carbons (Fsp3) is 0.375. The molecule has 0 unspecified atom stereocenters. The highest BCUT2D eigenvalue weighted by atomic mass is 28.3. The summed E-state index contributed by atoms with van der Waals surface area (Å²) in [4.78, 5) is 0. The molecule has 0 nitrogen and oxygen atoms in total. The second-order valence-electron chi connectivity index (χ2n) is 7.01. The van der Waals surface area contributed by atoms with Crippen LogP contribution in [0.4, 0.5) is 17.6 Å². The number of halogens is 4. The Morgan fingerprint density at radius 1 is 0.545 bits per heavy atom. The van der Waals surface area contributed by atoms with E-state index in [-0.39, 0.29) is 0 Å². The van der Waals surface area contributed by atoms with Gasteiger partial charge in [0, 0.05) is 0 Å². The molecule has 1 aromatic rings. The predicted octanol–water partition coefficient (Wildman–Crippen LogP) is 4.70. The molecule has 0 aliphatic heterocycles. The van der Waals surface area contributed by atoms with E-state index in [4.69, 9.17) is 0 Å². The van der Waals surface area contributed by atoms with Gasteiger partial charge in [0.25, 0.3) is 0 Å². The Kier molecular flexibility index (Phi) is 5.32. The zero-order chi connectivity index (χ0) is 17.3. The summed E-state index contributed by atoms with van der Waals surface area (Å²) in [5.41, 5.74) is 4.66. The molecule has 0 fully saturated rings. The maximum absolute atomic E-state index is 14.0. The van der Waals surface area contributed by atoms with E-state index in [1.807, 2.05) is 39.3 Å². The van der Waals surface area contributed by atoms with Crippen molar-refractivity contribution >= 4 is 16.1 Å². The molecule has 0 bridgehead atoms. The first kappa shape index (κ1) is 18.5. The molecule has 6 heteroatoms. The van der Waals surface area contributed by atoms with Crippen LogP contribution in [0.5, 0.6) is 0 Å². The van der Waals surface area contributed by atoms with Crippen LogP contribution in [0.25, 0.3) is 0 Å². The van der Waals surface area contributed by atoms with Crippen molar-refractivity contribution in [2.45, 2.75) is 39.3 Å². The highest BCUT2D eigenvalue weighted by Crippen LogP contribution is 2.23. The Hall–Kier alpha value is -1.51. The molecule has 0 aliphatic rings. The summed E-state index contributed by atoms with van der Waals surface area (Å²) < 4.78 is 54.8. The van der Waals surface area contributed by atoms with Gasteiger partial charge < -0.3 is 0 Å². The predicted molar refractivity (Wildman–Crippen MR) is 86.7 cm³/mol. The summed E-state index contributed by atoms with van der Waals surface area (Å²) in [6, 6.07) is 0. The van der Waals surface area contributed by atoms with Crippen LogP contribution in [0.15, 0.2) is 0 Å². The van der Waals surface area contributed by atoms with Gasteiger partial charge in [-0.3, -0.25) is 0 Å². The minimum absolute atomic E-state index is 0.496. The molecule has 118 valence electrons. The van der Waals surface area contributed by atoms with Crippen LogP contribution in [0.2, 0.25) is 39.3 Å². The SMILES string of the molecule is C[Si](C)(C)C#Cc1c(F)c(F)c(F)c(F)c1C#C[Si](C)(C)C. The fourth-order valence-corrected chi connectivity index (χ4v) is 2.37. The van der Waals surface area contributed by atoms with Crippen molar-refractivity contribution in [1.29, 1.82) is 0 Å². The molecule has 0 saturated carbocycles. The van der Waals surface area contributed by atoms with E-state index in [0.29, 0.717) is 0 Å². The van der Waals surface area contributed by atoms with Gasteiger partial charge in [-0.05, 0) is 0 Å². The fourth-order valence-electron chi connectivity index (χ4n) is 1.37. The molecule has 0 heterocycles. The zero-order valence-electron chi connectivity index (χ0n) is 13.5. The van der Waals surface area contributed by atoms with E-state index in [1.54, 1.807) is 0 Å². The third-order valence-electron chi connectivity index (χ3n) is 2.39. The first-order valence-corrected chi connectivity index (χ1v) is 13.8. The van der Waals surface area contributed by atoms with Crippen molar-refractivity contribution in [3.63, 3.8) is 0 Å². The van der Waals surface area contributed by atoms with Crippen molar-refractivity contribution < 1.29 is 17.6 Å². The van der Waals surface area contributed by atoms with Gasteiger partial charge in [-0.2, -0.15) is 0 Å². The minimum atomic E-state index is -1.90. The lowest BCUT2D eigenvalue weighted by Crippen LogP contribution is -2.17. The maximum Gasteiger partial charge on any atom is 0.198 e. The largest absolute Gasteiger partial charge is 0.202 e. The Morgan fingerprint density at radius 2 is 0.818 bits per heavy atom. The number of rotatable bonds is 0. The summed E-state index contributed by atoms with van der Waals surface area (Å²) >= 11 is 0. The van der Waals surface area contributed by atoms with E-state index < -0.39 is 50.5 Å². The second kappa shape index (κ2) is 6.31. The van der Waals surface area contributed by atoms with Crippen molar-refractivity contribution in [1.82, 2.24) is 0 Å². The van der Waals surface area contributed by atoms with Gasteiger partial charge in [0.15, 0.2) is 23.3 Å². The van der Waals surface area contributed by atoms with Gasteiger partial charge >= 0.3 is 0 Å². The monoisotopic (exact) mass is 342 g/mol. The molecule has 0 amide bonds. The number of hydrogen-bond acceptors (Lipinski definition) is 0. The highest BCUT2D eigenvalue weighted by Gasteiger charge is 2.24. The molecule has 0 saturated heterocycles. The Balaban J connectivity index is 3.71. The lowest BCUT2D eigenvalue weighted by Gasteiger charge is -2.08. The summed E-state index contributed by atoms with van der Waals surface area (Å²) in [5.74, 6) is -1.73. The van der Waals surface area contributed by atoms with Crippen LogP contribution in [0, 0.1) is 46.2 Å². The molecular formula is C16H18F4Si2. The summed E-state index contributed by atoms with van der Waals surface area (Å²) in [7, 11) is -3.80. The number of benzene rings is 1. The van der Waals surface area contributed by atoms with Gasteiger partial charge in [0.2, 0.25) is 0 Å². The van der Waals surface area contributed by atoms with Crippen LogP contribution < -0.4 is 0 Å². The summed E-state index contributed by atoms with van der Waals surface area (Å²) in [6.07, 6.45) is 0. The molecule has 1 rings (SSSR count). The van der Waals surface area contributed by atoms with Crippen LogP contribution in [-0.2, 0) is 0 Å². The lowest BCUT2D eigenvalue weighted by molar-refractivity contribution is 0.406. The van der Waals surface area contributed by atoms with Crippen molar-refractivity contribution in [2.24, 2.45) is 0 Å². The van der Waals surface area contributed by atoms with E-state index in [2.05, 4.69) is 22.9 Å². The third-order valence-corrected chi connectivity index (χ3v) is 4.14. The highest BCUT2D eigenvalue weighted by molar-refractivity contribution is 6.84. The zero-order valence-corrected chi connectivity index (χ0v) is 15.5. The third kappa shape index (κ3) is 4.76. The standard InChI is InChI=1S/C16H18F4Si2/c1-21(2,3)9-7-11-12(8-10-22(4,5)6)14(18)16(20)15(19)13(11)17/h1-6H3. The first-order valence-electron chi connectivity index (χ1n) is 6.76. The van der Waals surface area contributed by atoms with Gasteiger partial charge in [0.05, 0.1) is 11.1 Å². The Labute approximate surface area is 131 Å². The average molecular weight is 342 g/mol. The van der Waals surface area contributed by atoms with Crippen molar-refractivity contribution in [3.05, 3.63) is 34.4 Å². The van der Waals surface area contributed by atoms with Crippen LogP contribution in [-0.4, -0.2) is 16.1 Å². The molecule has 0 aromatic heterocycles. The van der Waals surface area contributed by atoms with Crippen LogP contribution in [0.3, 0.4) is 0 Å². The Morgan fingerprint density at radius 3 is 1.05 bits per heavy atom. The van der Waals surface area contributed by atoms with Gasteiger partial charge in [-0.25, -0.2) is 17.6 Å². The van der Waals surface area contributed by atoms with Gasteiger partial charge in [-0.15, -0.1) is 11.1 Å². The molecule has 22 heavy (non-hydrogen) atoms. The van der Waals surface area contributed by atoms with Gasteiger partial charge in [-0.1, -0.05) is 51.1 Å². The first-order chi connectivity index (χ1) is 9.83. The van der Waals surface area contributed by atoms with Crippen LogP contribution >= 0.6 is 0 Å². The van der Waals surface area contributed by atoms with Crippen molar-refractivity contribution in [2.75, 3.05) is 0 Å². The normalized spacial score (nSPS) is 11.4. The van der Waals surface area contributed by atoms with Crippen LogP contribution in [0.1, 0.15) is 11.1 Å². The average Bonchev–Trinajstić information content (AvgIpc) is 2.35. The van der Waals surface area contributed by atoms with E-state index in [9.17, 15) is 17.6 Å². The molecule has 0 radical (unpaired) electrons. The maximum atomic E-state index is 14.0. The van der Waals surface area contributed by atoms with Crippen molar-refractivity contribution in [3.8, 4) is 22.9 Å². The molecule has 0 atom stereocenters. The Bertz CT molecular complexity index is 655. The molecule has 0 aliphatic carbocycles. The minimum Gasteiger partial charge on any atom is -0.202 e. The lowest BCUT2D eigenvalue weighted by atomic mass is 10.1. The summed E-state index contributed by atoms with van der Waals surface area (Å²) in [5, 5.41) is 0. The van der Waals surface area contributed by atoms with E-state index in [0.717, 1.165) is 0 Å². The topological polar surface area (TPSA) is 0 Å².